The van der Waals surface area contributed by atoms with Crippen LogP contribution in [0.3, 0.4) is 0 Å². The summed E-state index contributed by atoms with van der Waals surface area (Å²) in [6.45, 7) is 3.23. The number of sulfonamides is 1. The molecule has 2 aromatic rings. The Morgan fingerprint density at radius 3 is 2.50 bits per heavy atom. The molecule has 0 bridgehead atoms. The molecule has 96 valence electrons. The Hall–Kier alpha value is -1.67. The van der Waals surface area contributed by atoms with E-state index >= 15 is 0 Å². The fraction of sp³-hybridized carbons (Fsp3) is 0.222. The maximum Gasteiger partial charge on any atom is 0.266 e. The van der Waals surface area contributed by atoms with Gasteiger partial charge in [-0.3, -0.25) is 9.82 Å². The molecule has 0 amide bonds. The molecule has 0 aliphatic heterocycles. The number of halogens is 1. The van der Waals surface area contributed by atoms with Gasteiger partial charge in [-0.05, 0) is 13.8 Å². The van der Waals surface area contributed by atoms with Crippen molar-refractivity contribution >= 4 is 27.4 Å². The average molecular weight is 288 g/mol. The molecule has 2 N–H and O–H groups in total. The van der Waals surface area contributed by atoms with Crippen molar-refractivity contribution in [1.29, 1.82) is 0 Å². The van der Waals surface area contributed by atoms with Crippen LogP contribution in [-0.4, -0.2) is 28.6 Å². The maximum absolute atomic E-state index is 12.1. The average Bonchev–Trinajstić information content (AvgIpc) is 2.62. The van der Waals surface area contributed by atoms with E-state index < -0.39 is 10.0 Å². The van der Waals surface area contributed by atoms with Gasteiger partial charge in [0.25, 0.3) is 10.0 Å². The van der Waals surface area contributed by atoms with Gasteiger partial charge in [0.05, 0.1) is 23.8 Å². The van der Waals surface area contributed by atoms with Crippen molar-refractivity contribution in [1.82, 2.24) is 20.2 Å². The van der Waals surface area contributed by atoms with Gasteiger partial charge in [-0.25, -0.2) is 18.4 Å². The van der Waals surface area contributed by atoms with Crippen LogP contribution in [0.4, 0.5) is 5.82 Å². The van der Waals surface area contributed by atoms with Crippen LogP contribution in [0.1, 0.15) is 11.4 Å². The van der Waals surface area contributed by atoms with Crippen molar-refractivity contribution in [3.8, 4) is 0 Å². The topological polar surface area (TPSA) is 101 Å². The zero-order valence-corrected chi connectivity index (χ0v) is 11.2. The predicted molar refractivity (Wildman–Crippen MR) is 65.9 cm³/mol. The Bertz CT molecular complexity index is 645. The number of rotatable bonds is 3. The predicted octanol–water partition coefficient (Wildman–Crippen LogP) is 1.27. The molecule has 0 saturated heterocycles. The molecule has 0 fully saturated rings. The Kier molecular flexibility index (Phi) is 3.22. The van der Waals surface area contributed by atoms with Gasteiger partial charge in [0.15, 0.2) is 5.82 Å². The first-order chi connectivity index (χ1) is 8.40. The number of nitrogens with zero attached hydrogens (tertiary/aromatic N) is 3. The van der Waals surface area contributed by atoms with E-state index in [9.17, 15) is 8.42 Å². The lowest BCUT2D eigenvalue weighted by Gasteiger charge is -2.06. The lowest BCUT2D eigenvalue weighted by Crippen LogP contribution is -2.15. The summed E-state index contributed by atoms with van der Waals surface area (Å²) in [6, 6.07) is 0. The molecule has 7 nitrogen and oxygen atoms in total. The lowest BCUT2D eigenvalue weighted by molar-refractivity contribution is 0.600. The number of hydrogen-bond donors (Lipinski definition) is 2. The molecule has 9 heteroatoms. The van der Waals surface area contributed by atoms with Crippen LogP contribution >= 0.6 is 11.6 Å². The van der Waals surface area contributed by atoms with E-state index in [1.54, 1.807) is 13.8 Å². The molecule has 0 spiro atoms. The van der Waals surface area contributed by atoms with Crippen molar-refractivity contribution in [3.63, 3.8) is 0 Å². The monoisotopic (exact) mass is 287 g/mol. The van der Waals surface area contributed by atoms with E-state index in [1.165, 1.54) is 12.4 Å². The smallest absolute Gasteiger partial charge is 0.266 e. The van der Waals surface area contributed by atoms with Crippen molar-refractivity contribution < 1.29 is 8.42 Å². The highest BCUT2D eigenvalue weighted by atomic mass is 35.5. The van der Waals surface area contributed by atoms with Crippen LogP contribution in [0.15, 0.2) is 17.3 Å². The summed E-state index contributed by atoms with van der Waals surface area (Å²) in [5.41, 5.74) is 0.851. The van der Waals surface area contributed by atoms with E-state index in [0.29, 0.717) is 11.4 Å². The minimum atomic E-state index is -3.73. The summed E-state index contributed by atoms with van der Waals surface area (Å²) < 4.78 is 26.5. The first-order valence-electron chi connectivity index (χ1n) is 4.92. The first-order valence-corrected chi connectivity index (χ1v) is 6.78. The van der Waals surface area contributed by atoms with Crippen molar-refractivity contribution in [2.45, 2.75) is 18.7 Å². The minimum absolute atomic E-state index is 0.0967. The normalized spacial score (nSPS) is 11.5. The van der Waals surface area contributed by atoms with Crippen LogP contribution < -0.4 is 4.72 Å². The second kappa shape index (κ2) is 4.54. The Balaban J connectivity index is 2.36. The van der Waals surface area contributed by atoms with Gasteiger partial charge in [-0.2, -0.15) is 5.10 Å². The lowest BCUT2D eigenvalue weighted by atomic mass is 10.4. The third-order valence-corrected chi connectivity index (χ3v) is 4.00. The van der Waals surface area contributed by atoms with Gasteiger partial charge in [0, 0.05) is 0 Å². The molecule has 0 aromatic carbocycles. The fourth-order valence-electron chi connectivity index (χ4n) is 1.49. The molecule has 0 unspecified atom stereocenters. The van der Waals surface area contributed by atoms with E-state index in [-0.39, 0.29) is 15.9 Å². The summed E-state index contributed by atoms with van der Waals surface area (Å²) >= 11 is 5.57. The molecular weight excluding hydrogens is 278 g/mol. The van der Waals surface area contributed by atoms with Crippen LogP contribution in [0.2, 0.25) is 5.15 Å². The number of aromatic amines is 1. The summed E-state index contributed by atoms with van der Waals surface area (Å²) in [6.07, 6.45) is 2.50. The molecule has 0 atom stereocenters. The van der Waals surface area contributed by atoms with Gasteiger partial charge < -0.3 is 0 Å². The first kappa shape index (κ1) is 12.8. The van der Waals surface area contributed by atoms with Gasteiger partial charge in [0.1, 0.15) is 10.0 Å². The quantitative estimate of drug-likeness (QED) is 0.885. The van der Waals surface area contributed by atoms with Crippen molar-refractivity contribution in [3.05, 3.63) is 28.9 Å². The van der Waals surface area contributed by atoms with Crippen molar-refractivity contribution in [2.75, 3.05) is 4.72 Å². The zero-order chi connectivity index (χ0) is 13.3. The van der Waals surface area contributed by atoms with Gasteiger partial charge >= 0.3 is 0 Å². The Labute approximate surface area is 109 Å². The van der Waals surface area contributed by atoms with Gasteiger partial charge in [0.2, 0.25) is 0 Å². The largest absolute Gasteiger partial charge is 0.281 e. The summed E-state index contributed by atoms with van der Waals surface area (Å²) in [5.74, 6) is 0.0967. The van der Waals surface area contributed by atoms with Crippen LogP contribution in [-0.2, 0) is 10.0 Å². The van der Waals surface area contributed by atoms with E-state index in [4.69, 9.17) is 11.6 Å². The molecule has 0 saturated carbocycles. The molecule has 18 heavy (non-hydrogen) atoms. The molecule has 2 rings (SSSR count). The number of aryl methyl sites for hydroxylation is 2. The standard InChI is InChI=1S/C9H10ClN5O2S/c1-5-9(6(2)14-13-5)18(16,17)15-8-4-11-7(10)3-12-8/h3-4H,1-2H3,(H,12,15)(H,13,14). The van der Waals surface area contributed by atoms with Gasteiger partial charge in [-0.1, -0.05) is 11.6 Å². The Morgan fingerprint density at radius 2 is 2.00 bits per heavy atom. The second-order valence-corrected chi connectivity index (χ2v) is 5.60. The summed E-state index contributed by atoms with van der Waals surface area (Å²) in [4.78, 5) is 7.67. The zero-order valence-electron chi connectivity index (χ0n) is 9.60. The highest BCUT2D eigenvalue weighted by Crippen LogP contribution is 2.19. The molecule has 0 aliphatic carbocycles. The number of hydrogen-bond acceptors (Lipinski definition) is 5. The minimum Gasteiger partial charge on any atom is -0.281 e. The van der Waals surface area contributed by atoms with Crippen LogP contribution in [0, 0.1) is 13.8 Å². The van der Waals surface area contributed by atoms with E-state index in [1.807, 2.05) is 0 Å². The van der Waals surface area contributed by atoms with Crippen LogP contribution in [0.25, 0.3) is 0 Å². The molecule has 0 aliphatic rings. The molecule has 2 aromatic heterocycles. The van der Waals surface area contributed by atoms with Crippen LogP contribution in [0.5, 0.6) is 0 Å². The number of anilines is 1. The SMILES string of the molecule is Cc1n[nH]c(C)c1S(=O)(=O)Nc1cnc(Cl)cn1. The molecule has 0 radical (unpaired) electrons. The summed E-state index contributed by atoms with van der Waals surface area (Å²) in [5, 5.41) is 6.64. The number of aromatic nitrogens is 4. The highest BCUT2D eigenvalue weighted by Gasteiger charge is 2.22. The molecular formula is C9H10ClN5O2S. The summed E-state index contributed by atoms with van der Waals surface area (Å²) in [7, 11) is -3.73. The highest BCUT2D eigenvalue weighted by molar-refractivity contribution is 7.92. The third-order valence-electron chi connectivity index (χ3n) is 2.19. The third kappa shape index (κ3) is 2.44. The number of nitrogens with one attached hydrogen (secondary N) is 2. The fourth-order valence-corrected chi connectivity index (χ4v) is 2.95. The second-order valence-electron chi connectivity index (χ2n) is 3.59. The molecule has 2 heterocycles. The Morgan fingerprint density at radius 1 is 1.28 bits per heavy atom. The van der Waals surface area contributed by atoms with Gasteiger partial charge in [-0.15, -0.1) is 0 Å². The van der Waals surface area contributed by atoms with E-state index in [2.05, 4.69) is 24.9 Å². The van der Waals surface area contributed by atoms with Crippen molar-refractivity contribution in [2.24, 2.45) is 0 Å². The van der Waals surface area contributed by atoms with E-state index in [0.717, 1.165) is 0 Å². The number of H-pyrrole nitrogens is 1. The maximum atomic E-state index is 12.1.